The predicted molar refractivity (Wildman–Crippen MR) is 65.3 cm³/mol. The fourth-order valence-electron chi connectivity index (χ4n) is 2.11. The molecule has 0 unspecified atom stereocenters. The summed E-state index contributed by atoms with van der Waals surface area (Å²) in [5.41, 5.74) is 0.756. The molecule has 0 heterocycles. The molecular weight excluding hydrogens is 234 g/mol. The Morgan fingerprint density at radius 2 is 2.00 bits per heavy atom. The second-order valence-corrected chi connectivity index (χ2v) is 4.26. The third-order valence-corrected chi connectivity index (χ3v) is 3.06. The van der Waals surface area contributed by atoms with Crippen LogP contribution in [0.15, 0.2) is 35.6 Å². The van der Waals surface area contributed by atoms with Crippen LogP contribution in [0.2, 0.25) is 0 Å². The molecule has 5 nitrogen and oxygen atoms in total. The first-order valence-electron chi connectivity index (χ1n) is 5.76. The van der Waals surface area contributed by atoms with Gasteiger partial charge in [0.25, 0.3) is 5.69 Å². The molecule has 0 saturated heterocycles. The van der Waals surface area contributed by atoms with E-state index in [-0.39, 0.29) is 23.7 Å². The molecule has 94 valence electrons. The number of Topliss-reactive ketones (excluding diaryl/α,β-unsaturated/α-hetero) is 1. The molecule has 1 aromatic carbocycles. The lowest BCUT2D eigenvalue weighted by atomic mass is 9.91. The summed E-state index contributed by atoms with van der Waals surface area (Å²) < 4.78 is 0. The lowest BCUT2D eigenvalue weighted by Crippen LogP contribution is -2.14. The highest BCUT2D eigenvalue weighted by molar-refractivity contribution is 5.97. The second kappa shape index (κ2) is 5.00. The molecule has 2 rings (SSSR count). The zero-order chi connectivity index (χ0) is 13.1. The fraction of sp³-hybridized carbons (Fsp3) is 0.308. The van der Waals surface area contributed by atoms with Gasteiger partial charge in [0.05, 0.1) is 10.7 Å². The predicted octanol–water partition coefficient (Wildman–Crippen LogP) is 2.70. The maximum atomic E-state index is 11.7. The largest absolute Gasteiger partial charge is 0.512 e. The molecule has 5 heteroatoms. The zero-order valence-electron chi connectivity index (χ0n) is 9.76. The number of nitro groups is 1. The molecule has 0 saturated carbocycles. The van der Waals surface area contributed by atoms with E-state index in [0.717, 1.165) is 0 Å². The number of ketones is 1. The molecule has 1 aliphatic rings. The van der Waals surface area contributed by atoms with Gasteiger partial charge in [-0.25, -0.2) is 0 Å². The number of nitrogens with zero attached hydrogens (tertiary/aromatic N) is 1. The summed E-state index contributed by atoms with van der Waals surface area (Å²) in [4.78, 5) is 22.1. The number of allylic oxidation sites excluding steroid dienone is 2. The summed E-state index contributed by atoms with van der Waals surface area (Å²) in [6.07, 6.45) is 1.65. The van der Waals surface area contributed by atoms with Crippen molar-refractivity contribution >= 4 is 11.5 Å². The number of aliphatic hydroxyl groups is 1. The maximum absolute atomic E-state index is 11.7. The highest BCUT2D eigenvalue weighted by Crippen LogP contribution is 2.27. The molecular formula is C13H13NO4. The van der Waals surface area contributed by atoms with Crippen LogP contribution in [-0.4, -0.2) is 15.8 Å². The number of benzene rings is 1. The first-order valence-corrected chi connectivity index (χ1v) is 5.76. The van der Waals surface area contributed by atoms with Gasteiger partial charge in [-0.1, -0.05) is 18.2 Å². The van der Waals surface area contributed by atoms with Crippen molar-refractivity contribution in [3.63, 3.8) is 0 Å². The topological polar surface area (TPSA) is 80.4 Å². The Morgan fingerprint density at radius 1 is 1.28 bits per heavy atom. The number of aliphatic hydroxyl groups excluding tert-OH is 1. The van der Waals surface area contributed by atoms with Gasteiger partial charge in [0.2, 0.25) is 0 Å². The Balaban J connectivity index is 2.34. The molecule has 0 amide bonds. The molecule has 0 aromatic heterocycles. The van der Waals surface area contributed by atoms with E-state index in [1.807, 2.05) is 0 Å². The summed E-state index contributed by atoms with van der Waals surface area (Å²) in [7, 11) is 0. The average molecular weight is 247 g/mol. The Bertz CT molecular complexity index is 534. The Morgan fingerprint density at radius 3 is 2.67 bits per heavy atom. The first kappa shape index (κ1) is 12.3. The lowest BCUT2D eigenvalue weighted by Gasteiger charge is -2.15. The van der Waals surface area contributed by atoms with Crippen molar-refractivity contribution in [1.82, 2.24) is 0 Å². The van der Waals surface area contributed by atoms with Gasteiger partial charge in [0.15, 0.2) is 5.78 Å². The second-order valence-electron chi connectivity index (χ2n) is 4.26. The van der Waals surface area contributed by atoms with E-state index in [1.54, 1.807) is 18.2 Å². The van der Waals surface area contributed by atoms with E-state index in [9.17, 15) is 20.0 Å². The molecule has 1 aliphatic carbocycles. The number of carbonyl (C=O) groups is 1. The van der Waals surface area contributed by atoms with Crippen LogP contribution < -0.4 is 0 Å². The molecule has 1 aromatic rings. The number of carbonyl (C=O) groups excluding carboxylic acids is 1. The van der Waals surface area contributed by atoms with Crippen molar-refractivity contribution in [2.45, 2.75) is 25.7 Å². The van der Waals surface area contributed by atoms with Gasteiger partial charge in [-0.15, -0.1) is 0 Å². The van der Waals surface area contributed by atoms with Gasteiger partial charge in [-0.3, -0.25) is 14.9 Å². The zero-order valence-corrected chi connectivity index (χ0v) is 9.76. The quantitative estimate of drug-likeness (QED) is 0.657. The minimum atomic E-state index is -0.472. The van der Waals surface area contributed by atoms with Crippen molar-refractivity contribution in [1.29, 1.82) is 0 Å². The minimum absolute atomic E-state index is 0.0174. The van der Waals surface area contributed by atoms with E-state index in [4.69, 9.17) is 0 Å². The van der Waals surface area contributed by atoms with Crippen LogP contribution in [-0.2, 0) is 11.2 Å². The third-order valence-electron chi connectivity index (χ3n) is 3.06. The van der Waals surface area contributed by atoms with Crippen molar-refractivity contribution in [3.05, 3.63) is 51.3 Å². The van der Waals surface area contributed by atoms with Crippen molar-refractivity contribution < 1.29 is 14.8 Å². The highest BCUT2D eigenvalue weighted by atomic mass is 16.6. The molecule has 0 spiro atoms. The van der Waals surface area contributed by atoms with Crippen LogP contribution in [0.5, 0.6) is 0 Å². The Hall–Kier alpha value is -2.17. The van der Waals surface area contributed by atoms with Gasteiger partial charge in [-0.2, -0.15) is 0 Å². The van der Waals surface area contributed by atoms with E-state index in [0.29, 0.717) is 30.4 Å². The molecule has 1 N–H and O–H groups in total. The smallest absolute Gasteiger partial charge is 0.272 e. The number of para-hydroxylation sites is 1. The normalized spacial score (nSPS) is 15.9. The number of hydrogen-bond donors (Lipinski definition) is 1. The van der Waals surface area contributed by atoms with E-state index >= 15 is 0 Å². The summed E-state index contributed by atoms with van der Waals surface area (Å²) in [5.74, 6) is -0.0405. The molecule has 0 fully saturated rings. The number of nitro benzene ring substituents is 1. The van der Waals surface area contributed by atoms with Gasteiger partial charge >= 0.3 is 0 Å². The average Bonchev–Trinajstić information content (AvgIpc) is 2.34. The summed E-state index contributed by atoms with van der Waals surface area (Å²) in [5, 5.41) is 20.6. The van der Waals surface area contributed by atoms with Crippen LogP contribution in [0.4, 0.5) is 5.69 Å². The standard InChI is InChI=1S/C13H13NO4/c15-12-6-3-7-13(16)10(12)8-9-4-1-2-5-11(9)14(17)18/h1-2,4-5,15H,3,6-8H2. The van der Waals surface area contributed by atoms with Gasteiger partial charge in [-0.05, 0) is 6.42 Å². The lowest BCUT2D eigenvalue weighted by molar-refractivity contribution is -0.385. The summed E-state index contributed by atoms with van der Waals surface area (Å²) in [6.45, 7) is 0. The Kier molecular flexibility index (Phi) is 3.41. The van der Waals surface area contributed by atoms with Crippen LogP contribution >= 0.6 is 0 Å². The van der Waals surface area contributed by atoms with Crippen LogP contribution in [0.3, 0.4) is 0 Å². The first-order chi connectivity index (χ1) is 8.59. The molecule has 0 bridgehead atoms. The molecule has 0 atom stereocenters. The molecule has 0 aliphatic heterocycles. The van der Waals surface area contributed by atoms with Crippen LogP contribution in [0.25, 0.3) is 0 Å². The van der Waals surface area contributed by atoms with Crippen molar-refractivity contribution in [3.8, 4) is 0 Å². The van der Waals surface area contributed by atoms with E-state index in [1.165, 1.54) is 6.07 Å². The summed E-state index contributed by atoms with van der Waals surface area (Å²) >= 11 is 0. The van der Waals surface area contributed by atoms with Gasteiger partial charge in [0.1, 0.15) is 0 Å². The monoisotopic (exact) mass is 247 g/mol. The third kappa shape index (κ3) is 2.40. The highest BCUT2D eigenvalue weighted by Gasteiger charge is 2.23. The summed E-state index contributed by atoms with van der Waals surface area (Å²) in [6, 6.07) is 6.28. The number of rotatable bonds is 3. The van der Waals surface area contributed by atoms with Crippen LogP contribution in [0.1, 0.15) is 24.8 Å². The van der Waals surface area contributed by atoms with Gasteiger partial charge < -0.3 is 5.11 Å². The number of hydrogen-bond acceptors (Lipinski definition) is 4. The minimum Gasteiger partial charge on any atom is -0.512 e. The van der Waals surface area contributed by atoms with Crippen molar-refractivity contribution in [2.75, 3.05) is 0 Å². The van der Waals surface area contributed by atoms with E-state index < -0.39 is 4.92 Å². The van der Waals surface area contributed by atoms with Crippen LogP contribution in [0, 0.1) is 10.1 Å². The SMILES string of the molecule is O=C1CCCC(O)=C1Cc1ccccc1[N+](=O)[O-]. The maximum Gasteiger partial charge on any atom is 0.272 e. The fourth-order valence-corrected chi connectivity index (χ4v) is 2.11. The van der Waals surface area contributed by atoms with Gasteiger partial charge in [0, 0.05) is 36.5 Å². The van der Waals surface area contributed by atoms with E-state index in [2.05, 4.69) is 0 Å². The molecule has 18 heavy (non-hydrogen) atoms. The Labute approximate surface area is 104 Å². The van der Waals surface area contributed by atoms with Crippen molar-refractivity contribution in [2.24, 2.45) is 0 Å². The molecule has 0 radical (unpaired) electrons.